The van der Waals surface area contributed by atoms with Gasteiger partial charge in [-0.15, -0.1) is 0 Å². The molecule has 0 atom stereocenters. The number of aromatic nitrogens is 1. The fourth-order valence-electron chi connectivity index (χ4n) is 1.78. The van der Waals surface area contributed by atoms with E-state index in [1.807, 2.05) is 0 Å². The average molecular weight is 305 g/mol. The summed E-state index contributed by atoms with van der Waals surface area (Å²) < 4.78 is 40.2. The highest BCUT2D eigenvalue weighted by Crippen LogP contribution is 2.18. The van der Waals surface area contributed by atoms with Crippen LogP contribution in [0.25, 0.3) is 0 Å². The molecule has 0 saturated carbocycles. The van der Waals surface area contributed by atoms with Crippen molar-refractivity contribution in [3.63, 3.8) is 0 Å². The maximum atomic E-state index is 13.5. The Morgan fingerprint density at radius 3 is 2.76 bits per heavy atom. The number of halogens is 1. The second kappa shape index (κ2) is 5.99. The van der Waals surface area contributed by atoms with Crippen LogP contribution in [0.1, 0.15) is 16.8 Å². The summed E-state index contributed by atoms with van der Waals surface area (Å²) in [6.45, 7) is 1.77. The van der Waals surface area contributed by atoms with Gasteiger partial charge in [0.1, 0.15) is 22.3 Å². The van der Waals surface area contributed by atoms with Crippen molar-refractivity contribution < 1.29 is 12.8 Å². The number of nitriles is 1. The van der Waals surface area contributed by atoms with E-state index in [9.17, 15) is 12.8 Å². The molecular weight excluding hydrogens is 293 g/mol. The number of benzene rings is 1. The van der Waals surface area contributed by atoms with Gasteiger partial charge in [-0.25, -0.2) is 17.5 Å². The van der Waals surface area contributed by atoms with Crippen molar-refractivity contribution in [1.82, 2.24) is 9.71 Å². The van der Waals surface area contributed by atoms with Gasteiger partial charge < -0.3 is 0 Å². The summed E-state index contributed by atoms with van der Waals surface area (Å²) >= 11 is 0. The van der Waals surface area contributed by atoms with Crippen molar-refractivity contribution in [2.45, 2.75) is 18.4 Å². The average Bonchev–Trinajstić information content (AvgIpc) is 2.46. The molecule has 1 aromatic carbocycles. The fraction of sp³-hybridized carbons (Fsp3) is 0.143. The summed E-state index contributed by atoms with van der Waals surface area (Å²) in [6.07, 6.45) is 1.56. The molecule has 108 valence electrons. The van der Waals surface area contributed by atoms with E-state index in [0.717, 1.165) is 11.6 Å². The first kappa shape index (κ1) is 15.1. The van der Waals surface area contributed by atoms with E-state index in [-0.39, 0.29) is 11.4 Å². The van der Waals surface area contributed by atoms with Crippen LogP contribution in [-0.4, -0.2) is 13.4 Å². The minimum absolute atomic E-state index is 0.0314. The van der Waals surface area contributed by atoms with Crippen LogP contribution < -0.4 is 4.72 Å². The Labute approximate surface area is 122 Å². The highest BCUT2D eigenvalue weighted by atomic mass is 32.2. The molecule has 0 unspecified atom stereocenters. The fourth-order valence-corrected chi connectivity index (χ4v) is 2.93. The Bertz CT molecular complexity index is 813. The number of sulfonamides is 1. The van der Waals surface area contributed by atoms with Crippen LogP contribution in [0.4, 0.5) is 4.39 Å². The zero-order chi connectivity index (χ0) is 15.5. The first-order valence-electron chi connectivity index (χ1n) is 6.04. The van der Waals surface area contributed by atoms with Crippen molar-refractivity contribution >= 4 is 10.0 Å². The van der Waals surface area contributed by atoms with Gasteiger partial charge in [-0.2, -0.15) is 5.26 Å². The minimum atomic E-state index is -3.99. The first-order chi connectivity index (χ1) is 9.95. The molecule has 7 heteroatoms. The predicted octanol–water partition coefficient (Wildman–Crippen LogP) is 1.88. The van der Waals surface area contributed by atoms with Gasteiger partial charge in [0, 0.05) is 6.20 Å². The van der Waals surface area contributed by atoms with E-state index in [4.69, 9.17) is 5.26 Å². The molecule has 0 saturated heterocycles. The van der Waals surface area contributed by atoms with E-state index < -0.39 is 21.4 Å². The van der Waals surface area contributed by atoms with E-state index in [0.29, 0.717) is 5.69 Å². The molecular formula is C14H12FN3O2S. The van der Waals surface area contributed by atoms with E-state index in [2.05, 4.69) is 9.71 Å². The predicted molar refractivity (Wildman–Crippen MR) is 74.1 cm³/mol. The normalized spacial score (nSPS) is 11.1. The topological polar surface area (TPSA) is 82.8 Å². The molecule has 2 aromatic rings. The molecule has 5 nitrogen and oxygen atoms in total. The lowest BCUT2D eigenvalue weighted by molar-refractivity contribution is 0.575. The van der Waals surface area contributed by atoms with Crippen LogP contribution in [0.15, 0.2) is 41.4 Å². The van der Waals surface area contributed by atoms with E-state index in [1.54, 1.807) is 31.3 Å². The molecule has 1 N–H and O–H groups in total. The summed E-state index contributed by atoms with van der Waals surface area (Å²) in [6, 6.07) is 8.60. The summed E-state index contributed by atoms with van der Waals surface area (Å²) in [7, 11) is -3.99. The van der Waals surface area contributed by atoms with Crippen LogP contribution in [-0.2, 0) is 16.6 Å². The Hall–Kier alpha value is -2.30. The molecule has 1 aromatic heterocycles. The van der Waals surface area contributed by atoms with Crippen molar-refractivity contribution in [2.24, 2.45) is 0 Å². The van der Waals surface area contributed by atoms with Crippen molar-refractivity contribution in [3.05, 3.63) is 59.2 Å². The van der Waals surface area contributed by atoms with Crippen molar-refractivity contribution in [2.75, 3.05) is 0 Å². The van der Waals surface area contributed by atoms with Gasteiger partial charge >= 0.3 is 0 Å². The zero-order valence-corrected chi connectivity index (χ0v) is 12.0. The quantitative estimate of drug-likeness (QED) is 0.935. The summed E-state index contributed by atoms with van der Waals surface area (Å²) in [5.74, 6) is -0.866. The highest BCUT2D eigenvalue weighted by molar-refractivity contribution is 7.89. The molecule has 0 fully saturated rings. The standard InChI is InChI=1S/C14H12FN3O2S/c1-10-4-3-7-17-13(10)9-18-21(19,20)14-6-2-5-12(15)11(14)8-16/h2-7,18H,9H2,1H3. The monoisotopic (exact) mass is 305 g/mol. The van der Waals surface area contributed by atoms with Gasteiger partial charge in [0.2, 0.25) is 10.0 Å². The van der Waals surface area contributed by atoms with Gasteiger partial charge in [-0.3, -0.25) is 4.98 Å². The van der Waals surface area contributed by atoms with E-state index >= 15 is 0 Å². The molecule has 0 aliphatic heterocycles. The first-order valence-corrected chi connectivity index (χ1v) is 7.53. The van der Waals surface area contributed by atoms with Crippen LogP contribution in [0.3, 0.4) is 0 Å². The third kappa shape index (κ3) is 3.24. The smallest absolute Gasteiger partial charge is 0.242 e. The largest absolute Gasteiger partial charge is 0.260 e. The van der Waals surface area contributed by atoms with Crippen LogP contribution >= 0.6 is 0 Å². The second-order valence-corrected chi connectivity index (χ2v) is 6.05. The molecule has 0 radical (unpaired) electrons. The highest BCUT2D eigenvalue weighted by Gasteiger charge is 2.21. The number of rotatable bonds is 4. The Kier molecular flexibility index (Phi) is 4.31. The van der Waals surface area contributed by atoms with Crippen molar-refractivity contribution in [1.29, 1.82) is 5.26 Å². The second-order valence-electron chi connectivity index (χ2n) is 4.32. The molecule has 0 amide bonds. The third-order valence-corrected chi connectivity index (χ3v) is 4.37. The maximum absolute atomic E-state index is 13.5. The summed E-state index contributed by atoms with van der Waals surface area (Å²) in [5.41, 5.74) is 0.902. The van der Waals surface area contributed by atoms with Gasteiger partial charge in [-0.05, 0) is 30.7 Å². The molecule has 0 aliphatic rings. The number of aryl methyl sites for hydroxylation is 1. The zero-order valence-electron chi connectivity index (χ0n) is 11.2. The molecule has 1 heterocycles. The number of nitrogens with zero attached hydrogens (tertiary/aromatic N) is 2. The molecule has 2 rings (SSSR count). The Balaban J connectivity index is 2.30. The van der Waals surface area contributed by atoms with Gasteiger partial charge in [0.15, 0.2) is 0 Å². The Morgan fingerprint density at radius 2 is 2.10 bits per heavy atom. The van der Waals surface area contributed by atoms with Gasteiger partial charge in [0.05, 0.1) is 12.2 Å². The van der Waals surface area contributed by atoms with Crippen molar-refractivity contribution in [3.8, 4) is 6.07 Å². The lowest BCUT2D eigenvalue weighted by atomic mass is 10.2. The number of nitrogens with one attached hydrogen (secondary N) is 1. The molecule has 0 aliphatic carbocycles. The van der Waals surface area contributed by atoms with Crippen LogP contribution in [0.5, 0.6) is 0 Å². The molecule has 0 bridgehead atoms. The maximum Gasteiger partial charge on any atom is 0.242 e. The number of hydrogen-bond donors (Lipinski definition) is 1. The Morgan fingerprint density at radius 1 is 1.33 bits per heavy atom. The summed E-state index contributed by atoms with van der Waals surface area (Å²) in [5, 5.41) is 8.90. The van der Waals surface area contributed by atoms with Crippen LogP contribution in [0.2, 0.25) is 0 Å². The molecule has 0 spiro atoms. The van der Waals surface area contributed by atoms with E-state index in [1.165, 1.54) is 12.1 Å². The summed E-state index contributed by atoms with van der Waals surface area (Å²) in [4.78, 5) is 3.69. The van der Waals surface area contributed by atoms with Gasteiger partial charge in [0.25, 0.3) is 0 Å². The SMILES string of the molecule is Cc1cccnc1CNS(=O)(=O)c1cccc(F)c1C#N. The molecule has 21 heavy (non-hydrogen) atoms. The lowest BCUT2D eigenvalue weighted by Crippen LogP contribution is -2.25. The number of hydrogen-bond acceptors (Lipinski definition) is 4. The van der Waals surface area contributed by atoms with Gasteiger partial charge in [-0.1, -0.05) is 12.1 Å². The van der Waals surface area contributed by atoms with Crippen LogP contribution in [0, 0.1) is 24.1 Å². The number of pyridine rings is 1. The minimum Gasteiger partial charge on any atom is -0.260 e. The third-order valence-electron chi connectivity index (χ3n) is 2.92. The lowest BCUT2D eigenvalue weighted by Gasteiger charge is -2.09.